The fraction of sp³-hybridized carbons (Fsp3) is 0.143. The lowest BCUT2D eigenvalue weighted by molar-refractivity contribution is 1.15. The second kappa shape index (κ2) is 4.87. The molecule has 0 fully saturated rings. The van der Waals surface area contributed by atoms with Crippen LogP contribution in [-0.4, -0.2) is 11.7 Å². The van der Waals surface area contributed by atoms with Gasteiger partial charge in [-0.2, -0.15) is 0 Å². The molecule has 1 heterocycles. The Hall–Kier alpha value is -2.36. The van der Waals surface area contributed by atoms with E-state index in [2.05, 4.69) is 16.7 Å². The average Bonchev–Trinajstić information content (AvgIpc) is 2.54. The molecule has 18 heavy (non-hydrogen) atoms. The van der Waals surface area contributed by atoms with Crippen LogP contribution in [0.2, 0.25) is 0 Å². The third-order valence-electron chi connectivity index (χ3n) is 2.68. The topological polar surface area (TPSA) is 71.2 Å². The van der Waals surface area contributed by atoms with Crippen molar-refractivity contribution in [2.45, 2.75) is 13.3 Å². The second-order valence-corrected chi connectivity index (χ2v) is 4.12. The predicted molar refractivity (Wildman–Crippen MR) is 76.0 cm³/mol. The van der Waals surface area contributed by atoms with Gasteiger partial charge in [0, 0.05) is 16.1 Å². The molecule has 0 spiro atoms. The summed E-state index contributed by atoms with van der Waals surface area (Å²) >= 11 is 0. The van der Waals surface area contributed by atoms with Crippen molar-refractivity contribution in [3.05, 3.63) is 44.3 Å². The molecular formula is C14H15N3O. The van der Waals surface area contributed by atoms with Crippen LogP contribution >= 0.6 is 0 Å². The van der Waals surface area contributed by atoms with Crippen molar-refractivity contribution in [2.75, 3.05) is 0 Å². The third kappa shape index (κ3) is 2.18. The molecule has 0 bridgehead atoms. The van der Waals surface area contributed by atoms with Crippen molar-refractivity contribution >= 4 is 30.6 Å². The third-order valence-corrected chi connectivity index (χ3v) is 2.68. The maximum absolute atomic E-state index is 12.0. The minimum atomic E-state index is -0.134. The summed E-state index contributed by atoms with van der Waals surface area (Å²) in [7, 11) is 0. The molecule has 1 aromatic heterocycles. The summed E-state index contributed by atoms with van der Waals surface area (Å²) in [5.74, 6) is 0. The van der Waals surface area contributed by atoms with Gasteiger partial charge in [-0.3, -0.25) is 9.79 Å². The molecule has 0 amide bonds. The number of allylic oxidation sites excluding steroid dienone is 3. The van der Waals surface area contributed by atoms with Crippen molar-refractivity contribution in [2.24, 2.45) is 10.7 Å². The SMILES string of the molecule is C=Nc1c(/C=C(\C)N)[nH]c(=O)c2c1=CC=CCC=2. The number of aromatic nitrogens is 1. The first-order valence-electron chi connectivity index (χ1n) is 5.67. The van der Waals surface area contributed by atoms with Gasteiger partial charge in [0.15, 0.2) is 0 Å². The van der Waals surface area contributed by atoms with Gasteiger partial charge in [0.05, 0.1) is 11.4 Å². The highest BCUT2D eigenvalue weighted by Crippen LogP contribution is 2.11. The van der Waals surface area contributed by atoms with Gasteiger partial charge in [0.25, 0.3) is 5.56 Å². The van der Waals surface area contributed by atoms with E-state index in [-0.39, 0.29) is 5.56 Å². The van der Waals surface area contributed by atoms with Crippen molar-refractivity contribution in [3.8, 4) is 0 Å². The predicted octanol–water partition coefficient (Wildman–Crippen LogP) is 0.547. The molecule has 1 aliphatic carbocycles. The zero-order chi connectivity index (χ0) is 13.1. The molecule has 3 N–H and O–H groups in total. The lowest BCUT2D eigenvalue weighted by Crippen LogP contribution is -2.41. The summed E-state index contributed by atoms with van der Waals surface area (Å²) in [6.45, 7) is 5.32. The van der Waals surface area contributed by atoms with Crippen LogP contribution in [0.4, 0.5) is 5.69 Å². The summed E-state index contributed by atoms with van der Waals surface area (Å²) in [5.41, 5.74) is 7.36. The van der Waals surface area contributed by atoms with E-state index in [1.54, 1.807) is 13.0 Å². The Morgan fingerprint density at radius 3 is 3.00 bits per heavy atom. The Morgan fingerprint density at radius 2 is 2.33 bits per heavy atom. The summed E-state index contributed by atoms with van der Waals surface area (Å²) in [4.78, 5) is 18.8. The first kappa shape index (κ1) is 12.1. The lowest BCUT2D eigenvalue weighted by Gasteiger charge is -2.03. The van der Waals surface area contributed by atoms with Gasteiger partial charge in [-0.15, -0.1) is 0 Å². The number of aromatic amines is 1. The monoisotopic (exact) mass is 241 g/mol. The average molecular weight is 241 g/mol. The number of pyridine rings is 1. The zero-order valence-electron chi connectivity index (χ0n) is 10.2. The Labute approximate surface area is 105 Å². The number of H-pyrrole nitrogens is 1. The minimum Gasteiger partial charge on any atom is -0.402 e. The summed E-state index contributed by atoms with van der Waals surface area (Å²) in [5, 5.41) is 1.42. The van der Waals surface area contributed by atoms with Crippen LogP contribution in [0.15, 0.2) is 27.6 Å². The first-order chi connectivity index (χ1) is 8.63. The number of aliphatic imine (C=N–C) groups is 1. The van der Waals surface area contributed by atoms with E-state index in [0.29, 0.717) is 22.3 Å². The highest BCUT2D eigenvalue weighted by atomic mass is 16.1. The van der Waals surface area contributed by atoms with Crippen LogP contribution < -0.4 is 21.7 Å². The normalized spacial score (nSPS) is 14.2. The molecule has 0 atom stereocenters. The molecule has 0 saturated carbocycles. The smallest absolute Gasteiger partial charge is 0.256 e. The Kier molecular flexibility index (Phi) is 3.28. The zero-order valence-corrected chi connectivity index (χ0v) is 10.2. The quantitative estimate of drug-likeness (QED) is 0.742. The van der Waals surface area contributed by atoms with Crippen LogP contribution in [0, 0.1) is 0 Å². The number of rotatable bonds is 2. The second-order valence-electron chi connectivity index (χ2n) is 4.12. The largest absolute Gasteiger partial charge is 0.402 e. The highest BCUT2D eigenvalue weighted by molar-refractivity contribution is 5.67. The van der Waals surface area contributed by atoms with Crippen molar-refractivity contribution in [1.29, 1.82) is 0 Å². The maximum Gasteiger partial charge on any atom is 0.256 e. The van der Waals surface area contributed by atoms with Crippen LogP contribution in [0.25, 0.3) is 18.2 Å². The summed E-state index contributed by atoms with van der Waals surface area (Å²) < 4.78 is 0. The van der Waals surface area contributed by atoms with Gasteiger partial charge in [-0.05, 0) is 26.1 Å². The number of hydrogen-bond acceptors (Lipinski definition) is 3. The molecule has 0 aliphatic heterocycles. The van der Waals surface area contributed by atoms with E-state index in [0.717, 1.165) is 11.6 Å². The van der Waals surface area contributed by atoms with Gasteiger partial charge in [0.2, 0.25) is 0 Å². The number of nitrogens with two attached hydrogens (primary N) is 1. The molecule has 92 valence electrons. The van der Waals surface area contributed by atoms with E-state index in [9.17, 15) is 4.79 Å². The van der Waals surface area contributed by atoms with Gasteiger partial charge >= 0.3 is 0 Å². The molecule has 0 saturated heterocycles. The maximum atomic E-state index is 12.0. The first-order valence-corrected chi connectivity index (χ1v) is 5.67. The fourth-order valence-corrected chi connectivity index (χ4v) is 1.95. The van der Waals surface area contributed by atoms with Gasteiger partial charge in [0.1, 0.15) is 0 Å². The van der Waals surface area contributed by atoms with E-state index in [1.807, 2.05) is 24.3 Å². The highest BCUT2D eigenvalue weighted by Gasteiger charge is 2.06. The van der Waals surface area contributed by atoms with Crippen molar-refractivity contribution in [3.63, 3.8) is 0 Å². The molecule has 0 radical (unpaired) electrons. The Bertz CT molecular complexity index is 717. The van der Waals surface area contributed by atoms with Crippen LogP contribution in [0.3, 0.4) is 0 Å². The summed E-state index contributed by atoms with van der Waals surface area (Å²) in [6, 6.07) is 0. The summed E-state index contributed by atoms with van der Waals surface area (Å²) in [6.07, 6.45) is 10.1. The van der Waals surface area contributed by atoms with E-state index >= 15 is 0 Å². The lowest BCUT2D eigenvalue weighted by atomic mass is 10.1. The van der Waals surface area contributed by atoms with E-state index in [1.165, 1.54) is 0 Å². The Balaban J connectivity index is 2.95. The Morgan fingerprint density at radius 1 is 1.56 bits per heavy atom. The van der Waals surface area contributed by atoms with Crippen molar-refractivity contribution < 1.29 is 0 Å². The van der Waals surface area contributed by atoms with E-state index in [4.69, 9.17) is 5.73 Å². The molecule has 0 unspecified atom stereocenters. The van der Waals surface area contributed by atoms with Crippen LogP contribution in [0.1, 0.15) is 19.0 Å². The molecule has 0 aromatic carbocycles. The van der Waals surface area contributed by atoms with Gasteiger partial charge in [-0.25, -0.2) is 0 Å². The fourth-order valence-electron chi connectivity index (χ4n) is 1.95. The van der Waals surface area contributed by atoms with Gasteiger partial charge in [-0.1, -0.05) is 24.3 Å². The van der Waals surface area contributed by atoms with Crippen LogP contribution in [-0.2, 0) is 0 Å². The number of fused-ring (bicyclic) bond motifs is 1. The van der Waals surface area contributed by atoms with Crippen molar-refractivity contribution in [1.82, 2.24) is 4.98 Å². The minimum absolute atomic E-state index is 0.134. The molecule has 4 nitrogen and oxygen atoms in total. The molecule has 2 rings (SSSR count). The number of hydrogen-bond donors (Lipinski definition) is 2. The molecule has 1 aliphatic rings. The molecular weight excluding hydrogens is 226 g/mol. The molecule has 1 aromatic rings. The number of nitrogens with zero attached hydrogens (tertiary/aromatic N) is 1. The van der Waals surface area contributed by atoms with Gasteiger partial charge < -0.3 is 10.7 Å². The number of nitrogens with one attached hydrogen (secondary N) is 1. The van der Waals surface area contributed by atoms with Crippen LogP contribution in [0.5, 0.6) is 0 Å². The standard InChI is InChI=1S/C14H15N3O/c1-9(15)8-12-13(16-2)10-6-4-3-5-7-11(10)14(18)17-12/h3-4,6-8H,2,5,15H2,1H3,(H,17,18)/b9-8+. The van der Waals surface area contributed by atoms with E-state index < -0.39 is 0 Å². The molecule has 4 heteroatoms.